The minimum absolute atomic E-state index is 0.331. The largest absolute Gasteiger partial charge is 0.377 e. The number of hydrogen-bond donors (Lipinski definition) is 0. The second-order valence-corrected chi connectivity index (χ2v) is 6.63. The summed E-state index contributed by atoms with van der Waals surface area (Å²) < 4.78 is 5.65. The maximum Gasteiger partial charge on any atom is 0.140 e. The molecule has 2 heterocycles. The highest BCUT2D eigenvalue weighted by molar-refractivity contribution is 5.89. The molecule has 3 aromatic rings. The molecule has 0 fully saturated rings. The number of nitrogens with zero attached hydrogens (tertiary/aromatic N) is 5. The smallest absolute Gasteiger partial charge is 0.140 e. The summed E-state index contributed by atoms with van der Waals surface area (Å²) in [7, 11) is 1.73. The van der Waals surface area contributed by atoms with Crippen LogP contribution in [0.5, 0.6) is 0 Å². The van der Waals surface area contributed by atoms with Crippen LogP contribution in [0.4, 0.5) is 5.82 Å². The Morgan fingerprint density at radius 3 is 2.64 bits per heavy atom. The van der Waals surface area contributed by atoms with Crippen molar-refractivity contribution in [1.82, 2.24) is 19.9 Å². The summed E-state index contributed by atoms with van der Waals surface area (Å²) >= 11 is 0. The Bertz CT molecular complexity index is 851. The highest BCUT2D eigenvalue weighted by Gasteiger charge is 2.24. The van der Waals surface area contributed by atoms with Gasteiger partial charge in [-0.15, -0.1) is 0 Å². The molecule has 0 N–H and O–H groups in total. The summed E-state index contributed by atoms with van der Waals surface area (Å²) in [4.78, 5) is 20.0. The third kappa shape index (κ3) is 4.09. The monoisotopic (exact) mass is 337 g/mol. The standard InChI is InChI=1S/C19H23N5O/c1-14-22-17-8-6-5-7-16(17)18(23-14)24(13-19(2,3)25-4)12-15-11-20-9-10-21-15/h5-11H,12-13H2,1-4H3. The molecule has 0 spiro atoms. The van der Waals surface area contributed by atoms with Gasteiger partial charge in [0.25, 0.3) is 0 Å². The van der Waals surface area contributed by atoms with Gasteiger partial charge in [0.1, 0.15) is 11.6 Å². The molecular weight excluding hydrogens is 314 g/mol. The van der Waals surface area contributed by atoms with Crippen LogP contribution in [-0.2, 0) is 11.3 Å². The second kappa shape index (κ2) is 7.11. The first kappa shape index (κ1) is 17.2. The van der Waals surface area contributed by atoms with Crippen LogP contribution in [0, 0.1) is 6.92 Å². The first-order valence-electron chi connectivity index (χ1n) is 8.27. The van der Waals surface area contributed by atoms with Crippen LogP contribution >= 0.6 is 0 Å². The number of rotatable bonds is 6. The molecule has 6 nitrogen and oxygen atoms in total. The normalized spacial score (nSPS) is 11.7. The molecule has 6 heteroatoms. The summed E-state index contributed by atoms with van der Waals surface area (Å²) in [6.07, 6.45) is 5.17. The minimum atomic E-state index is -0.331. The van der Waals surface area contributed by atoms with Gasteiger partial charge in [-0.05, 0) is 32.9 Å². The molecule has 0 amide bonds. The van der Waals surface area contributed by atoms with E-state index in [4.69, 9.17) is 9.72 Å². The summed E-state index contributed by atoms with van der Waals surface area (Å²) in [5.74, 6) is 1.63. The second-order valence-electron chi connectivity index (χ2n) is 6.63. The Labute approximate surface area is 147 Å². The molecule has 0 unspecified atom stereocenters. The topological polar surface area (TPSA) is 64.0 Å². The SMILES string of the molecule is COC(C)(C)CN(Cc1cnccn1)c1nc(C)nc2ccccc12. The zero-order valence-corrected chi connectivity index (χ0v) is 15.1. The zero-order chi connectivity index (χ0) is 17.9. The van der Waals surface area contributed by atoms with Gasteiger partial charge in [0.15, 0.2) is 0 Å². The van der Waals surface area contributed by atoms with E-state index in [2.05, 4.69) is 33.7 Å². The van der Waals surface area contributed by atoms with Gasteiger partial charge in [0.05, 0.1) is 29.6 Å². The van der Waals surface area contributed by atoms with Crippen LogP contribution in [0.1, 0.15) is 25.4 Å². The number of aromatic nitrogens is 4. The van der Waals surface area contributed by atoms with Gasteiger partial charge in [-0.2, -0.15) is 0 Å². The third-order valence-electron chi connectivity index (χ3n) is 4.09. The Morgan fingerprint density at radius 2 is 1.92 bits per heavy atom. The lowest BCUT2D eigenvalue weighted by Crippen LogP contribution is -2.40. The zero-order valence-electron chi connectivity index (χ0n) is 15.1. The van der Waals surface area contributed by atoms with E-state index in [-0.39, 0.29) is 5.60 Å². The van der Waals surface area contributed by atoms with Gasteiger partial charge in [0.2, 0.25) is 0 Å². The maximum absolute atomic E-state index is 5.65. The summed E-state index contributed by atoms with van der Waals surface area (Å²) in [5.41, 5.74) is 1.49. The van der Waals surface area contributed by atoms with Crippen molar-refractivity contribution in [2.24, 2.45) is 0 Å². The van der Waals surface area contributed by atoms with Gasteiger partial charge in [-0.25, -0.2) is 9.97 Å². The van der Waals surface area contributed by atoms with E-state index < -0.39 is 0 Å². The van der Waals surface area contributed by atoms with Crippen LogP contribution < -0.4 is 4.90 Å². The quantitative estimate of drug-likeness (QED) is 0.688. The highest BCUT2D eigenvalue weighted by Crippen LogP contribution is 2.27. The lowest BCUT2D eigenvalue weighted by atomic mass is 10.1. The summed E-state index contributed by atoms with van der Waals surface area (Å²) in [5, 5.41) is 1.02. The fraction of sp³-hybridized carbons (Fsp3) is 0.368. The van der Waals surface area contributed by atoms with Crippen LogP contribution in [-0.4, -0.2) is 39.2 Å². The van der Waals surface area contributed by atoms with Gasteiger partial charge in [-0.3, -0.25) is 9.97 Å². The van der Waals surface area contributed by atoms with Crippen molar-refractivity contribution in [3.05, 3.63) is 54.4 Å². The van der Waals surface area contributed by atoms with Crippen molar-refractivity contribution in [3.63, 3.8) is 0 Å². The lowest BCUT2D eigenvalue weighted by molar-refractivity contribution is 0.0286. The van der Waals surface area contributed by atoms with E-state index in [1.807, 2.05) is 31.2 Å². The van der Waals surface area contributed by atoms with Gasteiger partial charge in [-0.1, -0.05) is 12.1 Å². The van der Waals surface area contributed by atoms with Crippen molar-refractivity contribution < 1.29 is 4.74 Å². The average molecular weight is 337 g/mol. The van der Waals surface area contributed by atoms with Crippen molar-refractivity contribution >= 4 is 16.7 Å². The molecule has 0 saturated heterocycles. The van der Waals surface area contributed by atoms with Crippen LogP contribution in [0.3, 0.4) is 0 Å². The number of aryl methyl sites for hydroxylation is 1. The van der Waals surface area contributed by atoms with E-state index in [0.29, 0.717) is 13.1 Å². The highest BCUT2D eigenvalue weighted by atomic mass is 16.5. The van der Waals surface area contributed by atoms with Crippen molar-refractivity contribution in [1.29, 1.82) is 0 Å². The number of anilines is 1. The number of fused-ring (bicyclic) bond motifs is 1. The van der Waals surface area contributed by atoms with E-state index in [1.165, 1.54) is 0 Å². The molecule has 2 aromatic heterocycles. The number of ether oxygens (including phenoxy) is 1. The Morgan fingerprint density at radius 1 is 1.12 bits per heavy atom. The van der Waals surface area contributed by atoms with E-state index in [9.17, 15) is 0 Å². The number of methoxy groups -OCH3 is 1. The van der Waals surface area contributed by atoms with E-state index in [1.54, 1.807) is 25.7 Å². The molecule has 0 atom stereocenters. The molecule has 25 heavy (non-hydrogen) atoms. The Balaban J connectivity index is 2.07. The Kier molecular flexibility index (Phi) is 4.90. The van der Waals surface area contributed by atoms with Crippen molar-refractivity contribution in [2.45, 2.75) is 32.9 Å². The molecule has 0 aliphatic carbocycles. The van der Waals surface area contributed by atoms with Crippen molar-refractivity contribution in [2.75, 3.05) is 18.6 Å². The average Bonchev–Trinajstić information content (AvgIpc) is 2.61. The van der Waals surface area contributed by atoms with Gasteiger partial charge in [0, 0.05) is 31.4 Å². The van der Waals surface area contributed by atoms with Crippen LogP contribution in [0.25, 0.3) is 10.9 Å². The number of benzene rings is 1. The maximum atomic E-state index is 5.65. The number of hydrogen-bond acceptors (Lipinski definition) is 6. The molecule has 0 radical (unpaired) electrons. The summed E-state index contributed by atoms with van der Waals surface area (Å²) in [6.45, 7) is 7.30. The van der Waals surface area contributed by atoms with E-state index in [0.717, 1.165) is 28.2 Å². The molecule has 0 aliphatic heterocycles. The first-order valence-corrected chi connectivity index (χ1v) is 8.27. The third-order valence-corrected chi connectivity index (χ3v) is 4.09. The molecule has 0 bridgehead atoms. The van der Waals surface area contributed by atoms with Crippen LogP contribution in [0.15, 0.2) is 42.9 Å². The van der Waals surface area contributed by atoms with E-state index >= 15 is 0 Å². The Hall–Kier alpha value is -2.60. The summed E-state index contributed by atoms with van der Waals surface area (Å²) in [6, 6.07) is 8.06. The molecule has 3 rings (SSSR count). The molecular formula is C19H23N5O. The predicted octanol–water partition coefficient (Wildman–Crippen LogP) is 3.16. The fourth-order valence-electron chi connectivity index (χ4n) is 2.75. The molecule has 130 valence electrons. The van der Waals surface area contributed by atoms with Crippen LogP contribution in [0.2, 0.25) is 0 Å². The van der Waals surface area contributed by atoms with Crippen molar-refractivity contribution in [3.8, 4) is 0 Å². The molecule has 0 aliphatic rings. The van der Waals surface area contributed by atoms with Gasteiger partial charge >= 0.3 is 0 Å². The number of para-hydroxylation sites is 1. The molecule has 1 aromatic carbocycles. The van der Waals surface area contributed by atoms with Gasteiger partial charge < -0.3 is 9.64 Å². The lowest BCUT2D eigenvalue weighted by Gasteiger charge is -2.33. The molecule has 0 saturated carbocycles. The first-order chi connectivity index (χ1) is 12.0. The minimum Gasteiger partial charge on any atom is -0.377 e. The predicted molar refractivity (Wildman–Crippen MR) is 98.4 cm³/mol. The fourth-order valence-corrected chi connectivity index (χ4v) is 2.75.